The van der Waals surface area contributed by atoms with E-state index in [2.05, 4.69) is 9.82 Å². The second-order valence-corrected chi connectivity index (χ2v) is 6.24. The SMILES string of the molecule is O=S(=O)(Nc1ccc(F)cc1)c1ccc(-n2cccn2)cc1. The van der Waals surface area contributed by atoms with Gasteiger partial charge in [0.25, 0.3) is 10.0 Å². The molecule has 0 aliphatic rings. The van der Waals surface area contributed by atoms with Gasteiger partial charge in [0.05, 0.1) is 10.6 Å². The van der Waals surface area contributed by atoms with E-state index in [9.17, 15) is 12.8 Å². The van der Waals surface area contributed by atoms with Crippen LogP contribution in [-0.2, 0) is 10.0 Å². The maximum Gasteiger partial charge on any atom is 0.261 e. The Hall–Kier alpha value is -2.67. The molecule has 0 saturated heterocycles. The molecule has 0 fully saturated rings. The first-order valence-corrected chi connectivity index (χ1v) is 7.91. The van der Waals surface area contributed by atoms with Gasteiger partial charge in [-0.1, -0.05) is 0 Å². The lowest BCUT2D eigenvalue weighted by Crippen LogP contribution is -2.13. The Bertz CT molecular complexity index is 858. The normalized spacial score (nSPS) is 11.3. The van der Waals surface area contributed by atoms with Gasteiger partial charge >= 0.3 is 0 Å². The largest absolute Gasteiger partial charge is 0.280 e. The van der Waals surface area contributed by atoms with Gasteiger partial charge in [-0.3, -0.25) is 4.72 Å². The molecule has 0 spiro atoms. The molecule has 2 aromatic carbocycles. The average molecular weight is 317 g/mol. The summed E-state index contributed by atoms with van der Waals surface area (Å²) in [6.07, 6.45) is 3.40. The summed E-state index contributed by atoms with van der Waals surface area (Å²) in [5.74, 6) is -0.425. The molecule has 5 nitrogen and oxygen atoms in total. The number of nitrogens with one attached hydrogen (secondary N) is 1. The first-order valence-electron chi connectivity index (χ1n) is 6.43. The van der Waals surface area contributed by atoms with Crippen molar-refractivity contribution >= 4 is 15.7 Å². The number of anilines is 1. The summed E-state index contributed by atoms with van der Waals surface area (Å²) in [7, 11) is -3.71. The first kappa shape index (κ1) is 14.3. The predicted molar refractivity (Wildman–Crippen MR) is 80.8 cm³/mol. The zero-order valence-corrected chi connectivity index (χ0v) is 12.2. The molecule has 1 N–H and O–H groups in total. The maximum atomic E-state index is 12.8. The highest BCUT2D eigenvalue weighted by molar-refractivity contribution is 7.92. The standard InChI is InChI=1S/C15H12FN3O2S/c16-12-2-4-13(5-3-12)18-22(20,21)15-8-6-14(7-9-15)19-11-1-10-17-19/h1-11,18H. The lowest BCUT2D eigenvalue weighted by Gasteiger charge is -2.09. The van der Waals surface area contributed by atoms with E-state index in [0.717, 1.165) is 5.69 Å². The number of hydrogen-bond donors (Lipinski definition) is 1. The molecule has 112 valence electrons. The van der Waals surface area contributed by atoms with Crippen molar-refractivity contribution in [2.24, 2.45) is 0 Å². The van der Waals surface area contributed by atoms with Crippen LogP contribution in [0.2, 0.25) is 0 Å². The minimum Gasteiger partial charge on any atom is -0.280 e. The van der Waals surface area contributed by atoms with Crippen molar-refractivity contribution in [1.82, 2.24) is 9.78 Å². The van der Waals surface area contributed by atoms with Crippen LogP contribution in [-0.4, -0.2) is 18.2 Å². The van der Waals surface area contributed by atoms with Crippen LogP contribution < -0.4 is 4.72 Å². The lowest BCUT2D eigenvalue weighted by molar-refractivity contribution is 0.601. The number of hydrogen-bond acceptors (Lipinski definition) is 3. The van der Waals surface area contributed by atoms with Gasteiger partial charge in [-0.15, -0.1) is 0 Å². The number of sulfonamides is 1. The fourth-order valence-electron chi connectivity index (χ4n) is 1.93. The van der Waals surface area contributed by atoms with E-state index < -0.39 is 15.8 Å². The number of aromatic nitrogens is 2. The Morgan fingerprint density at radius 2 is 1.68 bits per heavy atom. The molecule has 0 aliphatic carbocycles. The van der Waals surface area contributed by atoms with Crippen LogP contribution in [0.1, 0.15) is 0 Å². The van der Waals surface area contributed by atoms with E-state index in [1.165, 1.54) is 36.4 Å². The number of nitrogens with zero attached hydrogens (tertiary/aromatic N) is 2. The zero-order chi connectivity index (χ0) is 15.6. The number of rotatable bonds is 4. The monoisotopic (exact) mass is 317 g/mol. The number of benzene rings is 2. The summed E-state index contributed by atoms with van der Waals surface area (Å²) >= 11 is 0. The van der Waals surface area contributed by atoms with Gasteiger partial charge in [-0.05, 0) is 54.6 Å². The Morgan fingerprint density at radius 1 is 1.00 bits per heavy atom. The molecule has 22 heavy (non-hydrogen) atoms. The number of halogens is 1. The Kier molecular flexibility index (Phi) is 3.64. The highest BCUT2D eigenvalue weighted by Gasteiger charge is 2.14. The molecular weight excluding hydrogens is 305 g/mol. The van der Waals surface area contributed by atoms with Gasteiger partial charge < -0.3 is 0 Å². The van der Waals surface area contributed by atoms with E-state index in [0.29, 0.717) is 5.69 Å². The van der Waals surface area contributed by atoms with Crippen molar-refractivity contribution in [3.63, 3.8) is 0 Å². The van der Waals surface area contributed by atoms with Crippen molar-refractivity contribution in [1.29, 1.82) is 0 Å². The van der Waals surface area contributed by atoms with Crippen LogP contribution >= 0.6 is 0 Å². The Morgan fingerprint density at radius 3 is 2.27 bits per heavy atom. The second-order valence-electron chi connectivity index (χ2n) is 4.56. The van der Waals surface area contributed by atoms with E-state index in [-0.39, 0.29) is 4.90 Å². The topological polar surface area (TPSA) is 64.0 Å². The summed E-state index contributed by atoms with van der Waals surface area (Å²) in [5, 5.41) is 4.07. The lowest BCUT2D eigenvalue weighted by atomic mass is 10.3. The summed E-state index contributed by atoms with van der Waals surface area (Å²) in [5.41, 5.74) is 1.06. The van der Waals surface area contributed by atoms with E-state index in [1.807, 2.05) is 0 Å². The van der Waals surface area contributed by atoms with Crippen LogP contribution in [0.3, 0.4) is 0 Å². The van der Waals surface area contributed by atoms with Crippen molar-refractivity contribution < 1.29 is 12.8 Å². The van der Waals surface area contributed by atoms with Crippen LogP contribution in [0.25, 0.3) is 5.69 Å². The van der Waals surface area contributed by atoms with Crippen molar-refractivity contribution in [3.8, 4) is 5.69 Å². The molecule has 0 saturated carbocycles. The van der Waals surface area contributed by atoms with E-state index in [1.54, 1.807) is 35.3 Å². The van der Waals surface area contributed by atoms with Crippen molar-refractivity contribution in [2.75, 3.05) is 4.72 Å². The minimum atomic E-state index is -3.71. The minimum absolute atomic E-state index is 0.118. The third-order valence-electron chi connectivity index (χ3n) is 3.01. The van der Waals surface area contributed by atoms with Gasteiger partial charge in [0.1, 0.15) is 5.82 Å². The molecule has 3 rings (SSSR count). The molecule has 1 aromatic heterocycles. The molecule has 0 unspecified atom stereocenters. The van der Waals surface area contributed by atoms with Gasteiger partial charge in [0.15, 0.2) is 0 Å². The average Bonchev–Trinajstić information content (AvgIpc) is 3.04. The van der Waals surface area contributed by atoms with Gasteiger partial charge in [0.2, 0.25) is 0 Å². The van der Waals surface area contributed by atoms with Gasteiger partial charge in [0, 0.05) is 18.1 Å². The summed E-state index contributed by atoms with van der Waals surface area (Å²) in [4.78, 5) is 0.118. The molecule has 7 heteroatoms. The zero-order valence-electron chi connectivity index (χ0n) is 11.3. The Balaban J connectivity index is 1.84. The quantitative estimate of drug-likeness (QED) is 0.805. The molecule has 0 amide bonds. The fourth-order valence-corrected chi connectivity index (χ4v) is 2.99. The molecule has 3 aromatic rings. The van der Waals surface area contributed by atoms with Gasteiger partial charge in [-0.25, -0.2) is 17.5 Å². The molecule has 0 radical (unpaired) electrons. The van der Waals surface area contributed by atoms with Crippen molar-refractivity contribution in [3.05, 3.63) is 72.8 Å². The second kappa shape index (κ2) is 5.61. The predicted octanol–water partition coefficient (Wildman–Crippen LogP) is 2.81. The highest BCUT2D eigenvalue weighted by Crippen LogP contribution is 2.18. The summed E-state index contributed by atoms with van der Waals surface area (Å²) < 4.78 is 41.4. The maximum absolute atomic E-state index is 12.8. The molecule has 1 heterocycles. The summed E-state index contributed by atoms with van der Waals surface area (Å²) in [6.45, 7) is 0. The molecule has 0 atom stereocenters. The van der Waals surface area contributed by atoms with Crippen molar-refractivity contribution in [2.45, 2.75) is 4.90 Å². The molecule has 0 aliphatic heterocycles. The third kappa shape index (κ3) is 2.99. The molecule has 0 bridgehead atoms. The molecular formula is C15H12FN3O2S. The summed E-state index contributed by atoms with van der Waals surface area (Å²) in [6, 6.07) is 13.2. The van der Waals surface area contributed by atoms with E-state index in [4.69, 9.17) is 0 Å². The fraction of sp³-hybridized carbons (Fsp3) is 0. The van der Waals surface area contributed by atoms with Crippen LogP contribution in [0.15, 0.2) is 71.9 Å². The smallest absolute Gasteiger partial charge is 0.261 e. The highest BCUT2D eigenvalue weighted by atomic mass is 32.2. The van der Waals surface area contributed by atoms with Crippen LogP contribution in [0, 0.1) is 5.82 Å². The van der Waals surface area contributed by atoms with Crippen LogP contribution in [0.5, 0.6) is 0 Å². The van der Waals surface area contributed by atoms with Crippen LogP contribution in [0.4, 0.5) is 10.1 Å². The Labute approximate surface area is 127 Å². The first-order chi connectivity index (χ1) is 10.5. The van der Waals surface area contributed by atoms with E-state index >= 15 is 0 Å². The van der Waals surface area contributed by atoms with Gasteiger partial charge in [-0.2, -0.15) is 5.10 Å². The third-order valence-corrected chi connectivity index (χ3v) is 4.41.